The molecule has 2 saturated carbocycles. The molecule has 4 aliphatic rings. The Morgan fingerprint density at radius 3 is 2.62 bits per heavy atom. The minimum absolute atomic E-state index is 0.190. The summed E-state index contributed by atoms with van der Waals surface area (Å²) >= 11 is 0. The maximum atomic E-state index is 12.1. The Morgan fingerprint density at radius 1 is 1.04 bits per heavy atom. The molecule has 0 radical (unpaired) electrons. The first kappa shape index (κ1) is 14.9. The Morgan fingerprint density at radius 2 is 1.88 bits per heavy atom. The van der Waals surface area contributed by atoms with Gasteiger partial charge in [-0.3, -0.25) is 4.79 Å². The highest BCUT2D eigenvalue weighted by molar-refractivity contribution is 5.92. The monoisotopic (exact) mass is 324 g/mol. The molecular weight excluding hydrogens is 296 g/mol. The van der Waals surface area contributed by atoms with Crippen molar-refractivity contribution in [3.8, 4) is 0 Å². The molecule has 1 N–H and O–H groups in total. The molecule has 24 heavy (non-hydrogen) atoms. The minimum Gasteiger partial charge on any atom is -0.326 e. The Labute approximate surface area is 144 Å². The summed E-state index contributed by atoms with van der Waals surface area (Å²) in [7, 11) is 0. The molecule has 3 atom stereocenters. The quantitative estimate of drug-likeness (QED) is 0.848. The number of anilines is 1. The predicted molar refractivity (Wildman–Crippen MR) is 96.0 cm³/mol. The largest absolute Gasteiger partial charge is 0.326 e. The van der Waals surface area contributed by atoms with Crippen LogP contribution in [0.15, 0.2) is 24.3 Å². The van der Waals surface area contributed by atoms with Crippen LogP contribution in [0.3, 0.4) is 0 Å². The van der Waals surface area contributed by atoms with Crippen molar-refractivity contribution in [2.45, 2.75) is 62.8 Å². The van der Waals surface area contributed by atoms with E-state index < -0.39 is 0 Å². The van der Waals surface area contributed by atoms with Crippen LogP contribution in [0.4, 0.5) is 5.69 Å². The van der Waals surface area contributed by atoms with Gasteiger partial charge in [0.05, 0.1) is 0 Å². The van der Waals surface area contributed by atoms with E-state index in [2.05, 4.69) is 28.4 Å². The van der Waals surface area contributed by atoms with Crippen LogP contribution in [0, 0.1) is 11.8 Å². The number of nitrogens with zero attached hydrogens (tertiary/aromatic N) is 1. The van der Waals surface area contributed by atoms with Crippen LogP contribution >= 0.6 is 0 Å². The maximum Gasteiger partial charge on any atom is 0.224 e. The lowest BCUT2D eigenvalue weighted by Crippen LogP contribution is -2.48. The molecule has 2 aliphatic carbocycles. The normalized spacial score (nSPS) is 34.8. The number of carbonyl (C=O) groups excluding carboxylic acids is 1. The number of hydrogen-bond acceptors (Lipinski definition) is 2. The van der Waals surface area contributed by atoms with Crippen LogP contribution in [0.25, 0.3) is 0 Å². The molecular formula is C21H28N2O. The molecule has 2 heterocycles. The predicted octanol–water partition coefficient (Wildman–Crippen LogP) is 3.94. The van der Waals surface area contributed by atoms with Crippen molar-refractivity contribution in [1.29, 1.82) is 0 Å². The van der Waals surface area contributed by atoms with Crippen molar-refractivity contribution in [1.82, 2.24) is 4.90 Å². The summed E-state index contributed by atoms with van der Waals surface area (Å²) in [6.07, 6.45) is 10.0. The van der Waals surface area contributed by atoms with Gasteiger partial charge in [0.1, 0.15) is 0 Å². The van der Waals surface area contributed by atoms with Crippen molar-refractivity contribution in [3.63, 3.8) is 0 Å². The zero-order valence-corrected chi connectivity index (χ0v) is 14.5. The minimum atomic E-state index is 0.190. The number of amides is 1. The maximum absolute atomic E-state index is 12.1. The van der Waals surface area contributed by atoms with Gasteiger partial charge in [0, 0.05) is 23.6 Å². The van der Waals surface area contributed by atoms with Gasteiger partial charge in [0.15, 0.2) is 0 Å². The number of nitrogens with one attached hydrogen (secondary N) is 1. The number of para-hydroxylation sites is 1. The van der Waals surface area contributed by atoms with Crippen LogP contribution in [-0.4, -0.2) is 29.9 Å². The number of carbonyl (C=O) groups is 1. The Bertz CT molecular complexity index is 647. The first-order valence-electron chi connectivity index (χ1n) is 9.87. The second-order valence-corrected chi connectivity index (χ2v) is 8.65. The van der Waals surface area contributed by atoms with Gasteiger partial charge in [-0.2, -0.15) is 0 Å². The smallest absolute Gasteiger partial charge is 0.224 e. The average Bonchev–Trinajstić information content (AvgIpc) is 3.21. The van der Waals surface area contributed by atoms with E-state index in [1.807, 2.05) is 6.07 Å². The van der Waals surface area contributed by atoms with Crippen molar-refractivity contribution >= 4 is 11.6 Å². The molecule has 3 fully saturated rings. The zero-order chi connectivity index (χ0) is 16.1. The molecule has 3 heteroatoms. The topological polar surface area (TPSA) is 32.3 Å². The van der Waals surface area contributed by atoms with E-state index in [9.17, 15) is 4.79 Å². The van der Waals surface area contributed by atoms with Gasteiger partial charge < -0.3 is 10.2 Å². The number of rotatable bonds is 1. The van der Waals surface area contributed by atoms with E-state index in [-0.39, 0.29) is 11.3 Å². The summed E-state index contributed by atoms with van der Waals surface area (Å²) in [5, 5.41) is 3.13. The van der Waals surface area contributed by atoms with E-state index in [4.69, 9.17) is 0 Å². The van der Waals surface area contributed by atoms with Crippen LogP contribution in [0.1, 0.15) is 56.9 Å². The lowest BCUT2D eigenvalue weighted by atomic mass is 9.69. The molecule has 1 aromatic carbocycles. The standard InChI is InChI=1S/C21H28N2O/c24-20-7-8-21(17-3-1-2-4-18(17)22-20)9-11-23(12-10-21)19-14-15-5-6-16(19)13-15/h1-4,15-16,19H,5-14H2,(H,22,24). The molecule has 1 saturated heterocycles. The van der Waals surface area contributed by atoms with Crippen LogP contribution < -0.4 is 5.32 Å². The van der Waals surface area contributed by atoms with Crippen molar-refractivity contribution < 1.29 is 4.79 Å². The second kappa shape index (κ2) is 5.59. The highest BCUT2D eigenvalue weighted by Gasteiger charge is 2.46. The first-order chi connectivity index (χ1) is 11.7. The highest BCUT2D eigenvalue weighted by Crippen LogP contribution is 2.50. The summed E-state index contributed by atoms with van der Waals surface area (Å²) in [6.45, 7) is 2.44. The third-order valence-corrected chi connectivity index (χ3v) is 7.53. The summed E-state index contributed by atoms with van der Waals surface area (Å²) in [6, 6.07) is 9.39. The number of benzene rings is 1. The molecule has 0 aromatic heterocycles. The molecule has 1 spiro atoms. The van der Waals surface area contributed by atoms with Gasteiger partial charge in [-0.15, -0.1) is 0 Å². The molecule has 128 valence electrons. The molecule has 5 rings (SSSR count). The van der Waals surface area contributed by atoms with Gasteiger partial charge in [0.25, 0.3) is 0 Å². The van der Waals surface area contributed by atoms with Crippen molar-refractivity contribution in [2.24, 2.45) is 11.8 Å². The third kappa shape index (κ3) is 2.32. The lowest BCUT2D eigenvalue weighted by Gasteiger charge is -2.46. The molecule has 1 amide bonds. The Hall–Kier alpha value is -1.35. The number of hydrogen-bond donors (Lipinski definition) is 1. The summed E-state index contributed by atoms with van der Waals surface area (Å²) < 4.78 is 0. The first-order valence-corrected chi connectivity index (χ1v) is 9.87. The molecule has 2 aliphatic heterocycles. The van der Waals surface area contributed by atoms with Crippen LogP contribution in [-0.2, 0) is 10.2 Å². The van der Waals surface area contributed by atoms with Gasteiger partial charge in [0.2, 0.25) is 5.91 Å². The molecule has 3 nitrogen and oxygen atoms in total. The number of piperidine rings is 1. The highest BCUT2D eigenvalue weighted by atomic mass is 16.1. The van der Waals surface area contributed by atoms with E-state index >= 15 is 0 Å². The molecule has 1 aromatic rings. The summed E-state index contributed by atoms with van der Waals surface area (Å²) in [4.78, 5) is 14.9. The second-order valence-electron chi connectivity index (χ2n) is 8.65. The van der Waals surface area contributed by atoms with E-state index in [1.165, 1.54) is 57.2 Å². The SMILES string of the molecule is O=C1CCC2(CCN(C3CC4CCC3C4)CC2)c2ccccc2N1. The van der Waals surface area contributed by atoms with Crippen molar-refractivity contribution in [3.05, 3.63) is 29.8 Å². The van der Waals surface area contributed by atoms with E-state index in [1.54, 1.807) is 0 Å². The van der Waals surface area contributed by atoms with Gasteiger partial charge in [-0.1, -0.05) is 24.6 Å². The lowest BCUT2D eigenvalue weighted by molar-refractivity contribution is -0.116. The molecule has 3 unspecified atom stereocenters. The Balaban J connectivity index is 1.37. The van der Waals surface area contributed by atoms with Gasteiger partial charge >= 0.3 is 0 Å². The van der Waals surface area contributed by atoms with Gasteiger partial charge in [-0.25, -0.2) is 0 Å². The van der Waals surface area contributed by atoms with Crippen LogP contribution in [0.5, 0.6) is 0 Å². The van der Waals surface area contributed by atoms with Gasteiger partial charge in [-0.05, 0) is 75.1 Å². The average molecular weight is 324 g/mol. The third-order valence-electron chi connectivity index (χ3n) is 7.53. The fourth-order valence-electron chi connectivity index (χ4n) is 6.22. The zero-order valence-electron chi connectivity index (χ0n) is 14.5. The van der Waals surface area contributed by atoms with Crippen molar-refractivity contribution in [2.75, 3.05) is 18.4 Å². The fraction of sp³-hybridized carbons (Fsp3) is 0.667. The summed E-state index contributed by atoms with van der Waals surface area (Å²) in [5.74, 6) is 2.19. The number of likely N-dealkylation sites (tertiary alicyclic amines) is 1. The fourth-order valence-corrected chi connectivity index (χ4v) is 6.22. The summed E-state index contributed by atoms with van der Waals surface area (Å²) in [5.41, 5.74) is 2.67. The Kier molecular flexibility index (Phi) is 3.48. The van der Waals surface area contributed by atoms with E-state index in [0.29, 0.717) is 6.42 Å². The number of fused-ring (bicyclic) bond motifs is 4. The van der Waals surface area contributed by atoms with Crippen LogP contribution in [0.2, 0.25) is 0 Å². The van der Waals surface area contributed by atoms with E-state index in [0.717, 1.165) is 30.0 Å². The molecule has 2 bridgehead atoms.